The van der Waals surface area contributed by atoms with E-state index < -0.39 is 0 Å². The van der Waals surface area contributed by atoms with E-state index in [1.807, 2.05) is 0 Å². The molecule has 142 valence electrons. The summed E-state index contributed by atoms with van der Waals surface area (Å²) >= 11 is 0. The van der Waals surface area contributed by atoms with Gasteiger partial charge in [-0.2, -0.15) is 0 Å². The van der Waals surface area contributed by atoms with Crippen LogP contribution in [0.3, 0.4) is 0 Å². The maximum absolute atomic E-state index is 11.5. The van der Waals surface area contributed by atoms with Gasteiger partial charge < -0.3 is 4.90 Å². The van der Waals surface area contributed by atoms with E-state index in [0.717, 1.165) is 38.8 Å². The molecule has 3 aromatic rings. The quantitative estimate of drug-likeness (QED) is 0.522. The van der Waals surface area contributed by atoms with Gasteiger partial charge in [-0.25, -0.2) is 0 Å². The molecule has 4 rings (SSSR count). The number of benzene rings is 3. The molecule has 1 aliphatic carbocycles. The predicted molar refractivity (Wildman–Crippen MR) is 115 cm³/mol. The summed E-state index contributed by atoms with van der Waals surface area (Å²) in [7, 11) is 0. The Labute approximate surface area is 167 Å². The monoisotopic (exact) mass is 369 g/mol. The Morgan fingerprint density at radius 2 is 1.18 bits per heavy atom. The Morgan fingerprint density at radius 1 is 0.679 bits per heavy atom. The number of anilines is 1. The second-order valence-corrected chi connectivity index (χ2v) is 7.73. The van der Waals surface area contributed by atoms with Crippen LogP contribution in [0.2, 0.25) is 0 Å². The number of carbonyl (C=O) groups is 1. The zero-order chi connectivity index (χ0) is 19.2. The van der Waals surface area contributed by atoms with Crippen molar-refractivity contribution in [1.82, 2.24) is 0 Å². The van der Waals surface area contributed by atoms with Crippen LogP contribution < -0.4 is 4.90 Å². The zero-order valence-corrected chi connectivity index (χ0v) is 16.3. The van der Waals surface area contributed by atoms with Gasteiger partial charge in [0, 0.05) is 31.6 Å². The van der Waals surface area contributed by atoms with Crippen LogP contribution in [0.25, 0.3) is 0 Å². The summed E-state index contributed by atoms with van der Waals surface area (Å²) in [6.07, 6.45) is 3.47. The maximum atomic E-state index is 11.5. The van der Waals surface area contributed by atoms with E-state index in [0.29, 0.717) is 11.7 Å². The van der Waals surface area contributed by atoms with Crippen molar-refractivity contribution in [3.05, 3.63) is 102 Å². The summed E-state index contributed by atoms with van der Waals surface area (Å²) < 4.78 is 0. The van der Waals surface area contributed by atoms with Crippen molar-refractivity contribution in [2.45, 2.75) is 44.7 Å². The molecule has 1 aliphatic rings. The lowest BCUT2D eigenvalue weighted by atomic mass is 9.83. The van der Waals surface area contributed by atoms with Gasteiger partial charge in [0.1, 0.15) is 5.78 Å². The second-order valence-electron chi connectivity index (χ2n) is 7.73. The van der Waals surface area contributed by atoms with Gasteiger partial charge in [0.25, 0.3) is 0 Å². The molecular weight excluding hydrogens is 342 g/mol. The first kappa shape index (κ1) is 18.5. The van der Waals surface area contributed by atoms with E-state index in [-0.39, 0.29) is 0 Å². The van der Waals surface area contributed by atoms with E-state index in [1.165, 1.54) is 22.4 Å². The first-order valence-corrected chi connectivity index (χ1v) is 10.2. The van der Waals surface area contributed by atoms with Crippen molar-refractivity contribution in [1.29, 1.82) is 0 Å². The van der Waals surface area contributed by atoms with Crippen LogP contribution in [0.1, 0.15) is 48.3 Å². The molecule has 0 unspecified atom stereocenters. The summed E-state index contributed by atoms with van der Waals surface area (Å²) in [5.41, 5.74) is 5.24. The Morgan fingerprint density at radius 3 is 1.68 bits per heavy atom. The number of rotatable bonds is 6. The SMILES string of the molecule is O=C1CCC(c2ccc(N(Cc3ccccc3)Cc3ccccc3)cc2)CC1. The topological polar surface area (TPSA) is 20.3 Å². The molecule has 0 heterocycles. The molecule has 1 fully saturated rings. The van der Waals surface area contributed by atoms with Gasteiger partial charge in [0.05, 0.1) is 0 Å². The molecule has 0 atom stereocenters. The van der Waals surface area contributed by atoms with Gasteiger partial charge in [-0.3, -0.25) is 4.79 Å². The van der Waals surface area contributed by atoms with E-state index in [9.17, 15) is 4.79 Å². The number of hydrogen-bond donors (Lipinski definition) is 0. The Kier molecular flexibility index (Phi) is 5.86. The van der Waals surface area contributed by atoms with Crippen LogP contribution in [-0.2, 0) is 17.9 Å². The van der Waals surface area contributed by atoms with Gasteiger partial charge in [0.2, 0.25) is 0 Å². The predicted octanol–water partition coefficient (Wildman–Crippen LogP) is 6.12. The van der Waals surface area contributed by atoms with E-state index in [4.69, 9.17) is 0 Å². The summed E-state index contributed by atoms with van der Waals surface area (Å²) in [5.74, 6) is 0.952. The molecule has 0 spiro atoms. The summed E-state index contributed by atoms with van der Waals surface area (Å²) in [6.45, 7) is 1.76. The van der Waals surface area contributed by atoms with Crippen molar-refractivity contribution < 1.29 is 4.79 Å². The number of ketones is 1. The third kappa shape index (κ3) is 4.69. The highest BCUT2D eigenvalue weighted by Crippen LogP contribution is 2.32. The number of hydrogen-bond acceptors (Lipinski definition) is 2. The van der Waals surface area contributed by atoms with E-state index in [1.54, 1.807) is 0 Å². The molecule has 28 heavy (non-hydrogen) atoms. The molecule has 0 amide bonds. The summed E-state index contributed by atoms with van der Waals surface area (Å²) in [6, 6.07) is 30.3. The number of Topliss-reactive ketones (excluding diaryl/α,β-unsaturated/α-hetero) is 1. The third-order valence-corrected chi connectivity index (χ3v) is 5.71. The van der Waals surface area contributed by atoms with Gasteiger partial charge >= 0.3 is 0 Å². The number of nitrogens with zero attached hydrogens (tertiary/aromatic N) is 1. The molecule has 0 radical (unpaired) electrons. The second kappa shape index (κ2) is 8.88. The molecule has 0 aromatic heterocycles. The van der Waals surface area contributed by atoms with Crippen LogP contribution in [0.15, 0.2) is 84.9 Å². The van der Waals surface area contributed by atoms with Crippen LogP contribution in [0.4, 0.5) is 5.69 Å². The Balaban J connectivity index is 1.54. The zero-order valence-electron chi connectivity index (χ0n) is 16.3. The molecule has 2 heteroatoms. The molecule has 0 aliphatic heterocycles. The minimum absolute atomic E-state index is 0.421. The van der Waals surface area contributed by atoms with Gasteiger partial charge in [-0.1, -0.05) is 72.8 Å². The summed E-state index contributed by atoms with van der Waals surface area (Å²) in [4.78, 5) is 14.0. The normalized spacial score (nSPS) is 14.8. The lowest BCUT2D eigenvalue weighted by Crippen LogP contribution is -2.22. The smallest absolute Gasteiger partial charge is 0.132 e. The highest BCUT2D eigenvalue weighted by molar-refractivity contribution is 5.79. The minimum Gasteiger partial charge on any atom is -0.363 e. The van der Waals surface area contributed by atoms with Crippen molar-refractivity contribution in [3.63, 3.8) is 0 Å². The number of carbonyl (C=O) groups excluding carboxylic acids is 1. The van der Waals surface area contributed by atoms with Gasteiger partial charge in [-0.05, 0) is 47.6 Å². The summed E-state index contributed by atoms with van der Waals surface area (Å²) in [5, 5.41) is 0. The van der Waals surface area contributed by atoms with E-state index in [2.05, 4.69) is 89.8 Å². The maximum Gasteiger partial charge on any atom is 0.132 e. The molecule has 0 N–H and O–H groups in total. The Hall–Kier alpha value is -2.87. The lowest BCUT2D eigenvalue weighted by Gasteiger charge is -2.27. The van der Waals surface area contributed by atoms with Crippen LogP contribution in [0.5, 0.6) is 0 Å². The molecule has 0 saturated heterocycles. The molecule has 1 saturated carbocycles. The first-order valence-electron chi connectivity index (χ1n) is 10.2. The van der Waals surface area contributed by atoms with Crippen LogP contribution in [0, 0.1) is 0 Å². The molecule has 3 aromatic carbocycles. The van der Waals surface area contributed by atoms with Crippen molar-refractivity contribution in [3.8, 4) is 0 Å². The molecule has 0 bridgehead atoms. The largest absolute Gasteiger partial charge is 0.363 e. The third-order valence-electron chi connectivity index (χ3n) is 5.71. The van der Waals surface area contributed by atoms with Crippen molar-refractivity contribution >= 4 is 11.5 Å². The van der Waals surface area contributed by atoms with Gasteiger partial charge in [-0.15, -0.1) is 0 Å². The molecular formula is C26H27NO. The molecule has 2 nitrogen and oxygen atoms in total. The Bertz CT molecular complexity index is 835. The standard InChI is InChI=1S/C26H27NO/c28-26-17-13-24(14-18-26)23-11-15-25(16-12-23)27(19-21-7-3-1-4-8-21)20-22-9-5-2-6-10-22/h1-12,15-16,24H,13-14,17-20H2. The van der Waals surface area contributed by atoms with Crippen LogP contribution >= 0.6 is 0 Å². The van der Waals surface area contributed by atoms with Gasteiger partial charge in [0.15, 0.2) is 0 Å². The fourth-order valence-corrected chi connectivity index (χ4v) is 4.08. The highest BCUT2D eigenvalue weighted by atomic mass is 16.1. The fourth-order valence-electron chi connectivity index (χ4n) is 4.08. The van der Waals surface area contributed by atoms with Crippen LogP contribution in [-0.4, -0.2) is 5.78 Å². The first-order chi connectivity index (χ1) is 13.8. The highest BCUT2D eigenvalue weighted by Gasteiger charge is 2.20. The van der Waals surface area contributed by atoms with Crippen molar-refractivity contribution in [2.24, 2.45) is 0 Å². The van der Waals surface area contributed by atoms with E-state index >= 15 is 0 Å². The minimum atomic E-state index is 0.421. The average molecular weight is 370 g/mol. The van der Waals surface area contributed by atoms with Crippen molar-refractivity contribution in [2.75, 3.05) is 4.90 Å². The average Bonchev–Trinajstić information content (AvgIpc) is 2.75. The lowest BCUT2D eigenvalue weighted by molar-refractivity contribution is -0.120. The fraction of sp³-hybridized carbons (Fsp3) is 0.269.